The number of rotatable bonds is 6. The number of hydrogen-bond acceptors (Lipinski definition) is 3. The van der Waals surface area contributed by atoms with Crippen molar-refractivity contribution in [2.24, 2.45) is 0 Å². The number of alkyl halides is 2. The molecule has 152 valence electrons. The Hall–Kier alpha value is -1.53. The van der Waals surface area contributed by atoms with Gasteiger partial charge in [-0.1, -0.05) is 54.1 Å². The van der Waals surface area contributed by atoms with Crippen molar-refractivity contribution in [1.82, 2.24) is 4.90 Å². The number of likely N-dealkylation sites (tertiary alicyclic amines) is 1. The Morgan fingerprint density at radius 3 is 2.21 bits per heavy atom. The molecule has 2 aromatic carbocycles. The van der Waals surface area contributed by atoms with E-state index < -0.39 is 30.3 Å². The highest BCUT2D eigenvalue weighted by Gasteiger charge is 2.37. The van der Waals surface area contributed by atoms with E-state index in [1.807, 2.05) is 0 Å². The van der Waals surface area contributed by atoms with Gasteiger partial charge in [-0.15, -0.1) is 12.4 Å². The van der Waals surface area contributed by atoms with Gasteiger partial charge in [0.25, 0.3) is 0 Å². The van der Waals surface area contributed by atoms with Crippen LogP contribution in [0.3, 0.4) is 0 Å². The van der Waals surface area contributed by atoms with E-state index in [2.05, 4.69) is 0 Å². The molecule has 7 heteroatoms. The van der Waals surface area contributed by atoms with Crippen LogP contribution in [0.4, 0.5) is 8.78 Å². The number of carbonyl (C=O) groups is 1. The van der Waals surface area contributed by atoms with E-state index in [1.165, 1.54) is 17.0 Å². The normalized spacial score (nSPS) is 18.7. The molecule has 3 rings (SSSR count). The van der Waals surface area contributed by atoms with E-state index in [0.717, 1.165) is 5.56 Å². The molecule has 0 spiro atoms. The van der Waals surface area contributed by atoms with Crippen molar-refractivity contribution in [3.8, 4) is 0 Å². The second-order valence-electron chi connectivity index (χ2n) is 6.94. The Balaban J connectivity index is 0.00000280. The van der Waals surface area contributed by atoms with Gasteiger partial charge in [-0.2, -0.15) is 0 Å². The van der Waals surface area contributed by atoms with Crippen LogP contribution in [-0.4, -0.2) is 41.3 Å². The summed E-state index contributed by atoms with van der Waals surface area (Å²) in [5.41, 5.74) is -0.0620. The number of ketones is 1. The fourth-order valence-corrected chi connectivity index (χ4v) is 3.56. The molecule has 1 N–H and O–H groups in total. The second kappa shape index (κ2) is 9.79. The van der Waals surface area contributed by atoms with Gasteiger partial charge in [0.1, 0.15) is 0 Å². The number of benzene rings is 2. The first-order valence-electron chi connectivity index (χ1n) is 8.99. The fourth-order valence-electron chi connectivity index (χ4n) is 3.43. The molecule has 0 amide bonds. The largest absolute Gasteiger partial charge is 0.385 e. The molecular weight excluding hydrogens is 407 g/mol. The second-order valence-corrected chi connectivity index (χ2v) is 7.38. The minimum Gasteiger partial charge on any atom is -0.385 e. The van der Waals surface area contributed by atoms with E-state index in [9.17, 15) is 18.7 Å². The summed E-state index contributed by atoms with van der Waals surface area (Å²) in [6.07, 6.45) is -3.30. The van der Waals surface area contributed by atoms with Crippen molar-refractivity contribution in [1.29, 1.82) is 0 Å². The van der Waals surface area contributed by atoms with Crippen molar-refractivity contribution >= 4 is 29.8 Å². The Kier molecular flexibility index (Phi) is 7.96. The monoisotopic (exact) mass is 429 g/mol. The fraction of sp³-hybridized carbons (Fsp3) is 0.381. The highest BCUT2D eigenvalue weighted by molar-refractivity contribution is 6.30. The predicted molar refractivity (Wildman–Crippen MR) is 109 cm³/mol. The molecule has 0 aromatic heterocycles. The Morgan fingerprint density at radius 2 is 1.64 bits per heavy atom. The molecule has 28 heavy (non-hydrogen) atoms. The maximum Gasteiger partial charge on any atom is 0.197 e. The van der Waals surface area contributed by atoms with Gasteiger partial charge in [-0.3, -0.25) is 9.69 Å². The summed E-state index contributed by atoms with van der Waals surface area (Å²) in [6.45, 7) is 0.569. The third-order valence-corrected chi connectivity index (χ3v) is 5.40. The average Bonchev–Trinajstić information content (AvgIpc) is 2.69. The van der Waals surface area contributed by atoms with Crippen LogP contribution in [0.5, 0.6) is 0 Å². The Bertz CT molecular complexity index is 766. The van der Waals surface area contributed by atoms with Crippen LogP contribution in [0.25, 0.3) is 0 Å². The number of piperidine rings is 1. The molecule has 0 aliphatic carbocycles. The molecule has 2 atom stereocenters. The molecule has 0 saturated carbocycles. The molecule has 0 bridgehead atoms. The summed E-state index contributed by atoms with van der Waals surface area (Å²) < 4.78 is 28.8. The number of nitrogens with zero attached hydrogens (tertiary/aromatic N) is 1. The lowest BCUT2D eigenvalue weighted by Gasteiger charge is -2.40. The van der Waals surface area contributed by atoms with Gasteiger partial charge < -0.3 is 5.11 Å². The minimum absolute atomic E-state index is 0. The zero-order valence-electron chi connectivity index (χ0n) is 15.2. The summed E-state index contributed by atoms with van der Waals surface area (Å²) in [5, 5.41) is 11.4. The average molecular weight is 430 g/mol. The number of carbonyl (C=O) groups excluding carboxylic acids is 1. The molecule has 1 aliphatic heterocycles. The van der Waals surface area contributed by atoms with Crippen LogP contribution in [-0.2, 0) is 5.60 Å². The zero-order chi connectivity index (χ0) is 19.4. The van der Waals surface area contributed by atoms with Gasteiger partial charge in [0.05, 0.1) is 5.60 Å². The lowest BCUT2D eigenvalue weighted by Crippen LogP contribution is -2.46. The Labute approximate surface area is 174 Å². The number of halogens is 4. The molecule has 3 nitrogen and oxygen atoms in total. The van der Waals surface area contributed by atoms with Crippen molar-refractivity contribution in [2.75, 3.05) is 13.1 Å². The summed E-state index contributed by atoms with van der Waals surface area (Å²) in [7, 11) is 0. The van der Waals surface area contributed by atoms with Crippen LogP contribution in [0.2, 0.25) is 5.02 Å². The van der Waals surface area contributed by atoms with Crippen molar-refractivity contribution in [3.05, 3.63) is 70.7 Å². The molecule has 1 saturated heterocycles. The maximum absolute atomic E-state index is 14.6. The van der Waals surface area contributed by atoms with Gasteiger partial charge >= 0.3 is 0 Å². The first-order valence-corrected chi connectivity index (χ1v) is 9.37. The van der Waals surface area contributed by atoms with Gasteiger partial charge in [0.2, 0.25) is 0 Å². The predicted octanol–water partition coefficient (Wildman–Crippen LogP) is 4.95. The van der Waals surface area contributed by atoms with Crippen LogP contribution in [0.1, 0.15) is 35.2 Å². The molecule has 1 fully saturated rings. The molecule has 1 heterocycles. The van der Waals surface area contributed by atoms with Crippen LogP contribution >= 0.6 is 24.0 Å². The van der Waals surface area contributed by atoms with Crippen LogP contribution in [0.15, 0.2) is 54.6 Å². The molecule has 1 aliphatic rings. The van der Waals surface area contributed by atoms with Gasteiger partial charge in [0.15, 0.2) is 18.3 Å². The minimum atomic E-state index is -1.89. The number of aliphatic hydroxyl groups is 1. The zero-order valence-corrected chi connectivity index (χ0v) is 16.8. The van der Waals surface area contributed by atoms with Gasteiger partial charge in [-0.05, 0) is 30.5 Å². The van der Waals surface area contributed by atoms with E-state index >= 15 is 0 Å². The van der Waals surface area contributed by atoms with Gasteiger partial charge in [0, 0.05) is 30.1 Å². The van der Waals surface area contributed by atoms with Crippen molar-refractivity contribution in [2.45, 2.75) is 37.3 Å². The van der Waals surface area contributed by atoms with E-state index in [4.69, 9.17) is 11.6 Å². The SMILES string of the molecule is Cl.O=C(c1ccccc1)C(F)CC(F)N1CCC(O)(c2ccc(Cl)cc2)CC1. The molecule has 2 aromatic rings. The maximum atomic E-state index is 14.6. The lowest BCUT2D eigenvalue weighted by atomic mass is 9.84. The third kappa shape index (κ3) is 5.29. The summed E-state index contributed by atoms with van der Waals surface area (Å²) in [5.74, 6) is -0.701. The highest BCUT2D eigenvalue weighted by Crippen LogP contribution is 2.34. The Morgan fingerprint density at radius 1 is 1.07 bits per heavy atom. The quantitative estimate of drug-likeness (QED) is 0.521. The summed E-state index contributed by atoms with van der Waals surface area (Å²) >= 11 is 5.88. The van der Waals surface area contributed by atoms with Crippen LogP contribution in [0, 0.1) is 0 Å². The lowest BCUT2D eigenvalue weighted by molar-refractivity contribution is -0.0586. The van der Waals surface area contributed by atoms with E-state index in [-0.39, 0.29) is 31.1 Å². The highest BCUT2D eigenvalue weighted by atomic mass is 35.5. The van der Waals surface area contributed by atoms with Crippen molar-refractivity contribution in [3.63, 3.8) is 0 Å². The number of Topliss-reactive ketones (excluding diaryl/α,β-unsaturated/α-hetero) is 1. The van der Waals surface area contributed by atoms with Crippen molar-refractivity contribution < 1.29 is 18.7 Å². The number of hydrogen-bond donors (Lipinski definition) is 1. The van der Waals surface area contributed by atoms with Crippen LogP contribution < -0.4 is 0 Å². The topological polar surface area (TPSA) is 40.5 Å². The molecular formula is C21H23Cl2F2NO2. The summed E-state index contributed by atoms with van der Waals surface area (Å²) in [4.78, 5) is 13.5. The van der Waals surface area contributed by atoms with E-state index in [0.29, 0.717) is 17.9 Å². The van der Waals surface area contributed by atoms with Gasteiger partial charge in [-0.25, -0.2) is 8.78 Å². The standard InChI is InChI=1S/C21H22ClF2NO2.ClH/c22-17-8-6-16(7-9-17)21(27)10-12-25(13-11-21)19(24)14-18(23)20(26)15-4-2-1-3-5-15;/h1-9,18-19,27H,10-14H2;1H. The molecule has 0 radical (unpaired) electrons. The van der Waals surface area contributed by atoms with E-state index in [1.54, 1.807) is 42.5 Å². The molecule has 2 unspecified atom stereocenters. The summed E-state index contributed by atoms with van der Waals surface area (Å²) in [6, 6.07) is 15.0. The first-order chi connectivity index (χ1) is 12.9. The third-order valence-electron chi connectivity index (χ3n) is 5.15. The smallest absolute Gasteiger partial charge is 0.197 e. The first kappa shape index (κ1) is 22.8.